The number of rotatable bonds is 4. The van der Waals surface area contributed by atoms with Gasteiger partial charge < -0.3 is 10.2 Å². The van der Waals surface area contributed by atoms with Crippen LogP contribution in [0, 0.1) is 0 Å². The Hall–Kier alpha value is -3.47. The number of carboxylic acids is 2. The fourth-order valence-electron chi connectivity index (χ4n) is 2.63. The number of hydrogen-bond donors (Lipinski definition) is 2. The molecule has 0 unspecified atom stereocenters. The number of nitrogens with zero attached hydrogens (tertiary/aromatic N) is 1. The molecule has 24 heavy (non-hydrogen) atoms. The Morgan fingerprint density at radius 2 is 1.21 bits per heavy atom. The van der Waals surface area contributed by atoms with E-state index in [1.54, 1.807) is 54.6 Å². The second-order valence-electron chi connectivity index (χ2n) is 5.11. The summed E-state index contributed by atoms with van der Waals surface area (Å²) in [5, 5.41) is 19.1. The predicted molar refractivity (Wildman–Crippen MR) is 89.0 cm³/mol. The lowest BCUT2D eigenvalue weighted by atomic mass is 9.90. The predicted octanol–water partition coefficient (Wildman–Crippen LogP) is 3.81. The Labute approximate surface area is 137 Å². The highest BCUT2D eigenvalue weighted by atomic mass is 16.4. The van der Waals surface area contributed by atoms with Crippen molar-refractivity contribution in [2.45, 2.75) is 0 Å². The van der Waals surface area contributed by atoms with Gasteiger partial charge in [0, 0.05) is 17.3 Å². The average Bonchev–Trinajstić information content (AvgIpc) is 2.61. The van der Waals surface area contributed by atoms with Crippen LogP contribution < -0.4 is 0 Å². The third-order valence-electron chi connectivity index (χ3n) is 3.64. The molecule has 0 aliphatic heterocycles. The Kier molecular flexibility index (Phi) is 4.07. The van der Waals surface area contributed by atoms with Gasteiger partial charge in [-0.3, -0.25) is 0 Å². The molecule has 0 spiro atoms. The number of pyridine rings is 1. The van der Waals surface area contributed by atoms with E-state index in [0.717, 1.165) is 6.20 Å². The van der Waals surface area contributed by atoms with Crippen LogP contribution in [-0.2, 0) is 0 Å². The molecule has 0 fully saturated rings. The second-order valence-corrected chi connectivity index (χ2v) is 5.11. The highest BCUT2D eigenvalue weighted by Gasteiger charge is 2.24. The maximum atomic E-state index is 11.7. The molecule has 1 heterocycles. The first-order valence-corrected chi connectivity index (χ1v) is 7.20. The lowest BCUT2D eigenvalue weighted by Crippen LogP contribution is -2.10. The molecule has 118 valence electrons. The largest absolute Gasteiger partial charge is 0.478 e. The van der Waals surface area contributed by atoms with E-state index < -0.39 is 11.9 Å². The number of aromatic nitrogens is 1. The Morgan fingerprint density at radius 3 is 1.67 bits per heavy atom. The molecule has 5 heteroatoms. The Bertz CT molecular complexity index is 829. The molecule has 0 radical (unpaired) electrons. The molecule has 0 amide bonds. The molecule has 0 aliphatic carbocycles. The fraction of sp³-hybridized carbons (Fsp3) is 0. The first-order valence-electron chi connectivity index (χ1n) is 7.20. The molecule has 0 bridgehead atoms. The van der Waals surface area contributed by atoms with Crippen molar-refractivity contribution < 1.29 is 19.8 Å². The smallest absolute Gasteiger partial charge is 0.355 e. The van der Waals surface area contributed by atoms with Gasteiger partial charge in [-0.25, -0.2) is 14.6 Å². The standard InChI is InChI=1S/C19H13NO4/c21-18(22)14-11-20-17(19(23)24)16(13-9-5-2-6-10-13)15(14)12-7-3-1-4-8-12/h1-11H,(H,21,22)(H,23,24). The summed E-state index contributed by atoms with van der Waals surface area (Å²) in [7, 11) is 0. The van der Waals surface area contributed by atoms with Crippen molar-refractivity contribution in [3.63, 3.8) is 0 Å². The lowest BCUT2D eigenvalue weighted by molar-refractivity contribution is 0.0677. The van der Waals surface area contributed by atoms with Gasteiger partial charge in [0.2, 0.25) is 0 Å². The van der Waals surface area contributed by atoms with Gasteiger partial charge in [-0.15, -0.1) is 0 Å². The van der Waals surface area contributed by atoms with Crippen molar-refractivity contribution in [2.24, 2.45) is 0 Å². The molecule has 0 saturated heterocycles. The van der Waals surface area contributed by atoms with Crippen LogP contribution in [0.5, 0.6) is 0 Å². The first kappa shape index (κ1) is 15.4. The molecule has 5 nitrogen and oxygen atoms in total. The van der Waals surface area contributed by atoms with Crippen molar-refractivity contribution in [1.82, 2.24) is 4.98 Å². The minimum atomic E-state index is -1.21. The van der Waals surface area contributed by atoms with Gasteiger partial charge in [-0.2, -0.15) is 0 Å². The van der Waals surface area contributed by atoms with E-state index in [0.29, 0.717) is 22.3 Å². The van der Waals surface area contributed by atoms with Gasteiger partial charge in [-0.05, 0) is 11.1 Å². The lowest BCUT2D eigenvalue weighted by Gasteiger charge is -2.15. The van der Waals surface area contributed by atoms with E-state index >= 15 is 0 Å². The van der Waals surface area contributed by atoms with Gasteiger partial charge in [0.1, 0.15) is 0 Å². The summed E-state index contributed by atoms with van der Waals surface area (Å²) in [6, 6.07) is 17.7. The number of carboxylic acid groups (broad SMARTS) is 2. The summed E-state index contributed by atoms with van der Waals surface area (Å²) in [4.78, 5) is 27.2. The molecular weight excluding hydrogens is 306 g/mol. The number of benzene rings is 2. The minimum Gasteiger partial charge on any atom is -0.478 e. The van der Waals surface area contributed by atoms with Crippen molar-refractivity contribution in [2.75, 3.05) is 0 Å². The maximum Gasteiger partial charge on any atom is 0.355 e. The summed E-state index contributed by atoms with van der Waals surface area (Å²) in [6.07, 6.45) is 1.10. The van der Waals surface area contributed by atoms with Crippen molar-refractivity contribution in [3.8, 4) is 22.3 Å². The summed E-state index contributed by atoms with van der Waals surface area (Å²) in [5.74, 6) is -2.36. The third-order valence-corrected chi connectivity index (χ3v) is 3.64. The fourth-order valence-corrected chi connectivity index (χ4v) is 2.63. The van der Waals surface area contributed by atoms with Crippen molar-refractivity contribution in [1.29, 1.82) is 0 Å². The number of hydrogen-bond acceptors (Lipinski definition) is 3. The first-order chi connectivity index (χ1) is 11.6. The molecule has 3 aromatic rings. The van der Waals surface area contributed by atoms with E-state index in [1.807, 2.05) is 6.07 Å². The Balaban J connectivity index is 2.45. The average molecular weight is 319 g/mol. The topological polar surface area (TPSA) is 87.5 Å². The van der Waals surface area contributed by atoms with Gasteiger partial charge in [0.05, 0.1) is 5.56 Å². The van der Waals surface area contributed by atoms with E-state index in [4.69, 9.17) is 0 Å². The van der Waals surface area contributed by atoms with E-state index in [-0.39, 0.29) is 11.3 Å². The third kappa shape index (κ3) is 2.75. The maximum absolute atomic E-state index is 11.7. The zero-order valence-electron chi connectivity index (χ0n) is 12.5. The van der Waals surface area contributed by atoms with Crippen LogP contribution in [0.3, 0.4) is 0 Å². The second kappa shape index (κ2) is 6.34. The molecule has 0 saturated carbocycles. The molecule has 1 aromatic heterocycles. The minimum absolute atomic E-state index is 0.0370. The summed E-state index contributed by atoms with van der Waals surface area (Å²) < 4.78 is 0. The molecule has 2 aromatic carbocycles. The quantitative estimate of drug-likeness (QED) is 0.763. The van der Waals surface area contributed by atoms with Crippen LogP contribution in [0.2, 0.25) is 0 Å². The summed E-state index contributed by atoms with van der Waals surface area (Å²) >= 11 is 0. The molecule has 2 N–H and O–H groups in total. The molecule has 0 atom stereocenters. The van der Waals surface area contributed by atoms with Crippen LogP contribution in [0.25, 0.3) is 22.3 Å². The zero-order chi connectivity index (χ0) is 17.1. The summed E-state index contributed by atoms with van der Waals surface area (Å²) in [6.45, 7) is 0. The highest BCUT2D eigenvalue weighted by Crippen LogP contribution is 2.36. The summed E-state index contributed by atoms with van der Waals surface area (Å²) in [5.41, 5.74) is 1.66. The van der Waals surface area contributed by atoms with Gasteiger partial charge >= 0.3 is 11.9 Å². The van der Waals surface area contributed by atoms with E-state index in [1.165, 1.54) is 0 Å². The Morgan fingerprint density at radius 1 is 0.708 bits per heavy atom. The zero-order valence-corrected chi connectivity index (χ0v) is 12.5. The SMILES string of the molecule is O=C(O)c1cnc(C(=O)O)c(-c2ccccc2)c1-c1ccccc1. The van der Waals surface area contributed by atoms with Crippen LogP contribution in [-0.4, -0.2) is 27.1 Å². The van der Waals surface area contributed by atoms with Gasteiger partial charge in [-0.1, -0.05) is 60.7 Å². The monoisotopic (exact) mass is 319 g/mol. The number of aromatic carboxylic acids is 2. The van der Waals surface area contributed by atoms with Crippen LogP contribution in [0.4, 0.5) is 0 Å². The van der Waals surface area contributed by atoms with Crippen molar-refractivity contribution >= 4 is 11.9 Å². The van der Waals surface area contributed by atoms with Crippen molar-refractivity contribution in [3.05, 3.63) is 78.1 Å². The molecule has 0 aliphatic rings. The highest BCUT2D eigenvalue weighted by molar-refractivity contribution is 6.06. The number of carbonyl (C=O) groups is 2. The van der Waals surface area contributed by atoms with Crippen LogP contribution >= 0.6 is 0 Å². The van der Waals surface area contributed by atoms with Gasteiger partial charge in [0.25, 0.3) is 0 Å². The van der Waals surface area contributed by atoms with Crippen LogP contribution in [0.15, 0.2) is 66.9 Å². The normalized spacial score (nSPS) is 10.3. The molecule has 3 rings (SSSR count). The van der Waals surface area contributed by atoms with E-state index in [9.17, 15) is 19.8 Å². The van der Waals surface area contributed by atoms with E-state index in [2.05, 4.69) is 4.98 Å². The van der Waals surface area contributed by atoms with Gasteiger partial charge in [0.15, 0.2) is 5.69 Å². The van der Waals surface area contributed by atoms with Crippen LogP contribution in [0.1, 0.15) is 20.8 Å². The molecular formula is C19H13NO4.